The summed E-state index contributed by atoms with van der Waals surface area (Å²) in [4.78, 5) is 4.30. The molecule has 4 heteroatoms. The van der Waals surface area contributed by atoms with Crippen molar-refractivity contribution in [2.45, 2.75) is 32.2 Å². The van der Waals surface area contributed by atoms with Gasteiger partial charge in [0.15, 0.2) is 5.96 Å². The Morgan fingerprint density at radius 2 is 1.61 bits per heavy atom. The summed E-state index contributed by atoms with van der Waals surface area (Å²) in [5.41, 5.74) is 13.5. The first-order valence-corrected chi connectivity index (χ1v) is 7.96. The highest BCUT2D eigenvalue weighted by Gasteiger charge is 2.13. The van der Waals surface area contributed by atoms with E-state index in [2.05, 4.69) is 43.1 Å². The summed E-state index contributed by atoms with van der Waals surface area (Å²) in [5.74, 6) is 1.42. The van der Waals surface area contributed by atoms with E-state index in [4.69, 9.17) is 16.2 Å². The van der Waals surface area contributed by atoms with Gasteiger partial charge in [-0.3, -0.25) is 0 Å². The molecule has 4 N–H and O–H groups in total. The second kappa shape index (κ2) is 8.22. The molecule has 2 rings (SSSR count). The first kappa shape index (κ1) is 16.9. The summed E-state index contributed by atoms with van der Waals surface area (Å²) >= 11 is 0. The highest BCUT2D eigenvalue weighted by molar-refractivity contribution is 5.76. The number of rotatable bonds is 7. The fraction of sp³-hybridized carbons (Fsp3) is 0.316. The van der Waals surface area contributed by atoms with E-state index in [0.717, 1.165) is 17.7 Å². The molecule has 2 aromatic carbocycles. The quantitative estimate of drug-likeness (QED) is 0.606. The molecule has 23 heavy (non-hydrogen) atoms. The van der Waals surface area contributed by atoms with Crippen LogP contribution in [0.5, 0.6) is 5.75 Å². The molecular weight excluding hydrogens is 286 g/mol. The van der Waals surface area contributed by atoms with Gasteiger partial charge in [-0.25, -0.2) is 4.99 Å². The van der Waals surface area contributed by atoms with Crippen LogP contribution in [0.25, 0.3) is 0 Å². The lowest BCUT2D eigenvalue weighted by atomic mass is 9.96. The SMILES string of the molecule is CCC(C)c1ccc(C(COc2ccccc2)N=C(N)N)cc1. The molecule has 0 fully saturated rings. The van der Waals surface area contributed by atoms with E-state index in [1.807, 2.05) is 30.3 Å². The maximum atomic E-state index is 5.80. The maximum Gasteiger partial charge on any atom is 0.186 e. The number of aliphatic imine (C=N–C) groups is 1. The van der Waals surface area contributed by atoms with Crippen molar-refractivity contribution in [1.29, 1.82) is 0 Å². The predicted molar refractivity (Wildman–Crippen MR) is 95.6 cm³/mol. The van der Waals surface area contributed by atoms with Gasteiger partial charge in [0.2, 0.25) is 0 Å². The normalized spacial score (nSPS) is 13.1. The van der Waals surface area contributed by atoms with Gasteiger partial charge in [-0.1, -0.05) is 56.3 Å². The predicted octanol–water partition coefficient (Wildman–Crippen LogP) is 3.59. The molecule has 122 valence electrons. The van der Waals surface area contributed by atoms with E-state index in [1.54, 1.807) is 0 Å². The average molecular weight is 311 g/mol. The summed E-state index contributed by atoms with van der Waals surface area (Å²) in [7, 11) is 0. The lowest BCUT2D eigenvalue weighted by molar-refractivity contribution is 0.291. The molecule has 0 aliphatic rings. The Morgan fingerprint density at radius 3 is 2.17 bits per heavy atom. The number of hydrogen-bond donors (Lipinski definition) is 2. The third kappa shape index (κ3) is 5.02. The minimum atomic E-state index is -0.216. The Kier molecular flexibility index (Phi) is 6.03. The third-order valence-electron chi connectivity index (χ3n) is 3.96. The van der Waals surface area contributed by atoms with Crippen molar-refractivity contribution in [2.75, 3.05) is 6.61 Å². The molecule has 2 aromatic rings. The summed E-state index contributed by atoms with van der Waals surface area (Å²) < 4.78 is 5.80. The number of hydrogen-bond acceptors (Lipinski definition) is 2. The Bertz CT molecular complexity index is 619. The second-order valence-electron chi connectivity index (χ2n) is 5.67. The molecule has 0 amide bonds. The van der Waals surface area contributed by atoms with Crippen LogP contribution in [0.1, 0.15) is 43.4 Å². The number of nitrogens with zero attached hydrogens (tertiary/aromatic N) is 1. The average Bonchev–Trinajstić information content (AvgIpc) is 2.58. The minimum Gasteiger partial charge on any atom is -0.491 e. The molecule has 0 aliphatic heterocycles. The van der Waals surface area contributed by atoms with Crippen LogP contribution in [0.4, 0.5) is 0 Å². The van der Waals surface area contributed by atoms with Gasteiger partial charge in [0, 0.05) is 0 Å². The molecule has 0 aromatic heterocycles. The lowest BCUT2D eigenvalue weighted by Crippen LogP contribution is -2.25. The molecule has 0 bridgehead atoms. The molecule has 0 saturated carbocycles. The second-order valence-corrected chi connectivity index (χ2v) is 5.67. The summed E-state index contributed by atoms with van der Waals surface area (Å²) in [6, 6.07) is 17.9. The summed E-state index contributed by atoms with van der Waals surface area (Å²) in [6.07, 6.45) is 1.12. The Balaban J connectivity index is 2.13. The molecule has 0 saturated heterocycles. The van der Waals surface area contributed by atoms with Crippen LogP contribution in [-0.4, -0.2) is 12.6 Å². The van der Waals surface area contributed by atoms with Crippen molar-refractivity contribution < 1.29 is 4.74 Å². The van der Waals surface area contributed by atoms with Crippen molar-refractivity contribution in [1.82, 2.24) is 0 Å². The monoisotopic (exact) mass is 311 g/mol. The van der Waals surface area contributed by atoms with E-state index in [9.17, 15) is 0 Å². The van der Waals surface area contributed by atoms with Crippen molar-refractivity contribution in [3.8, 4) is 5.75 Å². The van der Waals surface area contributed by atoms with E-state index in [1.165, 1.54) is 5.56 Å². The maximum absolute atomic E-state index is 5.80. The number of ether oxygens (including phenoxy) is 1. The van der Waals surface area contributed by atoms with Crippen LogP contribution in [0.2, 0.25) is 0 Å². The molecule has 0 spiro atoms. The van der Waals surface area contributed by atoms with E-state index in [0.29, 0.717) is 12.5 Å². The molecule has 0 heterocycles. The van der Waals surface area contributed by atoms with Crippen LogP contribution >= 0.6 is 0 Å². The standard InChI is InChI=1S/C19H25N3O/c1-3-14(2)15-9-11-16(12-10-15)18(22-19(20)21)13-23-17-7-5-4-6-8-17/h4-12,14,18H,3,13H2,1-2H3,(H4,20,21,22). The first-order chi connectivity index (χ1) is 11.1. The molecule has 4 nitrogen and oxygen atoms in total. The largest absolute Gasteiger partial charge is 0.491 e. The van der Waals surface area contributed by atoms with E-state index >= 15 is 0 Å². The Morgan fingerprint density at radius 1 is 1.00 bits per heavy atom. The smallest absolute Gasteiger partial charge is 0.186 e. The third-order valence-corrected chi connectivity index (χ3v) is 3.96. The number of para-hydroxylation sites is 1. The summed E-state index contributed by atoms with van der Waals surface area (Å²) in [6.45, 7) is 4.81. The van der Waals surface area contributed by atoms with Crippen LogP contribution < -0.4 is 16.2 Å². The van der Waals surface area contributed by atoms with Crippen LogP contribution in [0.3, 0.4) is 0 Å². The number of nitrogens with two attached hydrogens (primary N) is 2. The number of guanidine groups is 1. The van der Waals surface area contributed by atoms with Gasteiger partial charge in [0.1, 0.15) is 18.4 Å². The van der Waals surface area contributed by atoms with Gasteiger partial charge in [-0.15, -0.1) is 0 Å². The minimum absolute atomic E-state index is 0.0673. The van der Waals surface area contributed by atoms with Gasteiger partial charge >= 0.3 is 0 Å². The lowest BCUT2D eigenvalue weighted by Gasteiger charge is -2.16. The number of benzene rings is 2. The van der Waals surface area contributed by atoms with Gasteiger partial charge in [-0.05, 0) is 35.6 Å². The van der Waals surface area contributed by atoms with E-state index < -0.39 is 0 Å². The van der Waals surface area contributed by atoms with Gasteiger partial charge < -0.3 is 16.2 Å². The Labute approximate surface area is 138 Å². The molecule has 2 atom stereocenters. The van der Waals surface area contributed by atoms with E-state index in [-0.39, 0.29) is 12.0 Å². The highest BCUT2D eigenvalue weighted by atomic mass is 16.5. The van der Waals surface area contributed by atoms with Crippen molar-refractivity contribution in [2.24, 2.45) is 16.5 Å². The van der Waals surface area contributed by atoms with Crippen molar-refractivity contribution >= 4 is 5.96 Å². The zero-order valence-electron chi connectivity index (χ0n) is 13.8. The van der Waals surface area contributed by atoms with Gasteiger partial charge in [0.25, 0.3) is 0 Å². The zero-order chi connectivity index (χ0) is 16.7. The van der Waals surface area contributed by atoms with Gasteiger partial charge in [-0.2, -0.15) is 0 Å². The van der Waals surface area contributed by atoms with Crippen LogP contribution in [0, 0.1) is 0 Å². The molecular formula is C19H25N3O. The Hall–Kier alpha value is -2.49. The summed E-state index contributed by atoms with van der Waals surface area (Å²) in [5, 5.41) is 0. The van der Waals surface area contributed by atoms with Crippen LogP contribution in [0.15, 0.2) is 59.6 Å². The van der Waals surface area contributed by atoms with Crippen LogP contribution in [-0.2, 0) is 0 Å². The topological polar surface area (TPSA) is 73.6 Å². The van der Waals surface area contributed by atoms with Gasteiger partial charge in [0.05, 0.1) is 0 Å². The molecule has 0 aliphatic carbocycles. The molecule has 2 unspecified atom stereocenters. The highest BCUT2D eigenvalue weighted by Crippen LogP contribution is 2.24. The molecule has 0 radical (unpaired) electrons. The zero-order valence-corrected chi connectivity index (χ0v) is 13.8. The fourth-order valence-electron chi connectivity index (χ4n) is 2.36. The van der Waals surface area contributed by atoms with Crippen molar-refractivity contribution in [3.05, 3.63) is 65.7 Å². The fourth-order valence-corrected chi connectivity index (χ4v) is 2.36. The first-order valence-electron chi connectivity index (χ1n) is 7.96. The van der Waals surface area contributed by atoms with Crippen molar-refractivity contribution in [3.63, 3.8) is 0 Å².